The number of aliphatic hydroxyl groups is 1. The molecule has 2 rings (SSSR count). The van der Waals surface area contributed by atoms with Crippen molar-refractivity contribution < 1.29 is 14.3 Å². The molecule has 0 radical (unpaired) electrons. The minimum atomic E-state index is -0.228. The molecule has 1 aliphatic rings. The maximum absolute atomic E-state index is 13.0. The molecule has 1 aromatic rings. The molecule has 116 valence electrons. The minimum absolute atomic E-state index is 0.0118. The van der Waals surface area contributed by atoms with Gasteiger partial charge in [-0.25, -0.2) is 9.18 Å². The molecule has 1 aliphatic heterocycles. The second kappa shape index (κ2) is 7.41. The summed E-state index contributed by atoms with van der Waals surface area (Å²) in [5, 5.41) is 12.2. The summed E-state index contributed by atoms with van der Waals surface area (Å²) in [7, 11) is 0. The van der Waals surface area contributed by atoms with E-state index in [1.165, 1.54) is 12.1 Å². The second-order valence-corrected chi connectivity index (χ2v) is 5.67. The van der Waals surface area contributed by atoms with E-state index >= 15 is 0 Å². The second-order valence-electron chi connectivity index (χ2n) is 5.67. The van der Waals surface area contributed by atoms with Gasteiger partial charge in [-0.1, -0.05) is 19.1 Å². The zero-order valence-electron chi connectivity index (χ0n) is 12.4. The van der Waals surface area contributed by atoms with Crippen LogP contribution in [-0.4, -0.2) is 41.8 Å². The number of carbonyl (C=O) groups excluding carboxylic acids is 1. The normalized spacial score (nSPS) is 21.6. The molecule has 1 fully saturated rings. The Labute approximate surface area is 125 Å². The van der Waals surface area contributed by atoms with E-state index in [1.54, 1.807) is 11.0 Å². The van der Waals surface area contributed by atoms with Crippen LogP contribution in [0.2, 0.25) is 0 Å². The minimum Gasteiger partial charge on any atom is -0.394 e. The average molecular weight is 294 g/mol. The number of carbonyl (C=O) groups is 1. The maximum Gasteiger partial charge on any atom is 0.317 e. The SMILES string of the molecule is C[C@@H]1CCN(C(=O)NCCCc2cccc(F)c2)[C@@H]1CO. The van der Waals surface area contributed by atoms with Crippen molar-refractivity contribution in [2.75, 3.05) is 19.7 Å². The lowest BCUT2D eigenvalue weighted by Crippen LogP contribution is -2.45. The van der Waals surface area contributed by atoms with Crippen molar-refractivity contribution in [3.63, 3.8) is 0 Å². The van der Waals surface area contributed by atoms with Crippen LogP contribution >= 0.6 is 0 Å². The molecule has 5 heteroatoms. The molecule has 0 unspecified atom stereocenters. The summed E-state index contributed by atoms with van der Waals surface area (Å²) in [5.41, 5.74) is 0.937. The quantitative estimate of drug-likeness (QED) is 0.818. The number of hydrogen-bond acceptors (Lipinski definition) is 2. The van der Waals surface area contributed by atoms with Crippen LogP contribution in [0.15, 0.2) is 24.3 Å². The van der Waals surface area contributed by atoms with Crippen molar-refractivity contribution in [1.29, 1.82) is 0 Å². The number of halogens is 1. The van der Waals surface area contributed by atoms with Gasteiger partial charge in [-0.3, -0.25) is 0 Å². The summed E-state index contributed by atoms with van der Waals surface area (Å²) in [4.78, 5) is 13.8. The van der Waals surface area contributed by atoms with Gasteiger partial charge in [0.1, 0.15) is 5.82 Å². The Hall–Kier alpha value is -1.62. The lowest BCUT2D eigenvalue weighted by Gasteiger charge is -2.25. The molecular formula is C16H23FN2O2. The van der Waals surface area contributed by atoms with Crippen LogP contribution < -0.4 is 5.32 Å². The Kier molecular flexibility index (Phi) is 5.56. The Balaban J connectivity index is 1.72. The first-order valence-corrected chi connectivity index (χ1v) is 7.51. The molecule has 2 amide bonds. The van der Waals surface area contributed by atoms with Gasteiger partial charge in [0, 0.05) is 13.1 Å². The summed E-state index contributed by atoms with van der Waals surface area (Å²) in [6.45, 7) is 3.32. The van der Waals surface area contributed by atoms with Crippen LogP contribution in [0.3, 0.4) is 0 Å². The number of urea groups is 1. The Morgan fingerprint density at radius 3 is 3.05 bits per heavy atom. The smallest absolute Gasteiger partial charge is 0.317 e. The van der Waals surface area contributed by atoms with Crippen LogP contribution in [0.25, 0.3) is 0 Å². The lowest BCUT2D eigenvalue weighted by molar-refractivity contribution is 0.144. The van der Waals surface area contributed by atoms with E-state index in [-0.39, 0.29) is 24.5 Å². The van der Waals surface area contributed by atoms with E-state index < -0.39 is 0 Å². The fraction of sp³-hybridized carbons (Fsp3) is 0.562. The fourth-order valence-corrected chi connectivity index (χ4v) is 2.82. The standard InChI is InChI=1S/C16H23FN2O2/c1-12-7-9-19(15(12)11-20)16(21)18-8-3-5-13-4-2-6-14(17)10-13/h2,4,6,10,12,15,20H,3,5,7-9,11H2,1H3,(H,18,21)/t12-,15-/m1/s1. The van der Waals surface area contributed by atoms with Gasteiger partial charge in [-0.2, -0.15) is 0 Å². The predicted octanol–water partition coefficient (Wildman–Crippen LogP) is 2.17. The maximum atomic E-state index is 13.0. The largest absolute Gasteiger partial charge is 0.394 e. The van der Waals surface area contributed by atoms with Gasteiger partial charge >= 0.3 is 6.03 Å². The number of likely N-dealkylation sites (tertiary alicyclic amines) is 1. The number of nitrogens with zero attached hydrogens (tertiary/aromatic N) is 1. The molecule has 4 nitrogen and oxygen atoms in total. The van der Waals surface area contributed by atoms with E-state index in [1.807, 2.05) is 6.07 Å². The number of amides is 2. The first-order valence-electron chi connectivity index (χ1n) is 7.51. The highest BCUT2D eigenvalue weighted by Crippen LogP contribution is 2.23. The van der Waals surface area contributed by atoms with E-state index in [9.17, 15) is 14.3 Å². The van der Waals surface area contributed by atoms with Gasteiger partial charge in [0.25, 0.3) is 0 Å². The number of benzene rings is 1. The van der Waals surface area contributed by atoms with Crippen molar-refractivity contribution >= 4 is 6.03 Å². The first kappa shape index (κ1) is 15.8. The van der Waals surface area contributed by atoms with E-state index in [4.69, 9.17) is 0 Å². The third-order valence-electron chi connectivity index (χ3n) is 4.14. The zero-order chi connectivity index (χ0) is 15.2. The molecule has 0 saturated carbocycles. The molecule has 1 saturated heterocycles. The third kappa shape index (κ3) is 4.17. The number of hydrogen-bond donors (Lipinski definition) is 2. The van der Waals surface area contributed by atoms with Gasteiger partial charge < -0.3 is 15.3 Å². The molecule has 1 heterocycles. The van der Waals surface area contributed by atoms with Gasteiger partial charge in [0.05, 0.1) is 12.6 Å². The van der Waals surface area contributed by atoms with Gasteiger partial charge in [-0.05, 0) is 42.9 Å². The lowest BCUT2D eigenvalue weighted by atomic mass is 10.0. The summed E-state index contributed by atoms with van der Waals surface area (Å²) in [5.74, 6) is 0.112. The Morgan fingerprint density at radius 2 is 2.33 bits per heavy atom. The number of rotatable bonds is 5. The number of aliphatic hydroxyl groups excluding tert-OH is 1. The van der Waals surface area contributed by atoms with Crippen LogP contribution in [0.1, 0.15) is 25.3 Å². The van der Waals surface area contributed by atoms with Crippen LogP contribution in [0, 0.1) is 11.7 Å². The fourth-order valence-electron chi connectivity index (χ4n) is 2.82. The summed E-state index contributed by atoms with van der Waals surface area (Å²) >= 11 is 0. The molecule has 2 N–H and O–H groups in total. The predicted molar refractivity (Wildman–Crippen MR) is 79.5 cm³/mol. The van der Waals surface area contributed by atoms with Crippen LogP contribution in [-0.2, 0) is 6.42 Å². The highest BCUT2D eigenvalue weighted by molar-refractivity contribution is 5.74. The van der Waals surface area contributed by atoms with Gasteiger partial charge in [0.15, 0.2) is 0 Å². The average Bonchev–Trinajstić information content (AvgIpc) is 2.84. The van der Waals surface area contributed by atoms with Crippen LogP contribution in [0.5, 0.6) is 0 Å². The third-order valence-corrected chi connectivity index (χ3v) is 4.14. The summed E-state index contributed by atoms with van der Waals surface area (Å²) < 4.78 is 13.0. The topological polar surface area (TPSA) is 52.6 Å². The molecule has 21 heavy (non-hydrogen) atoms. The van der Waals surface area contributed by atoms with Crippen molar-refractivity contribution in [2.45, 2.75) is 32.2 Å². The summed E-state index contributed by atoms with van der Waals surface area (Å²) in [6, 6.07) is 6.33. The van der Waals surface area contributed by atoms with Crippen molar-refractivity contribution in [3.05, 3.63) is 35.6 Å². The van der Waals surface area contributed by atoms with Gasteiger partial charge in [0.2, 0.25) is 0 Å². The molecule has 0 spiro atoms. The van der Waals surface area contributed by atoms with Crippen LogP contribution in [0.4, 0.5) is 9.18 Å². The number of nitrogens with one attached hydrogen (secondary N) is 1. The Bertz CT molecular complexity index is 481. The monoisotopic (exact) mass is 294 g/mol. The van der Waals surface area contributed by atoms with E-state index in [2.05, 4.69) is 12.2 Å². The number of aryl methyl sites for hydroxylation is 1. The molecule has 0 aliphatic carbocycles. The van der Waals surface area contributed by atoms with Crippen molar-refractivity contribution in [1.82, 2.24) is 10.2 Å². The Morgan fingerprint density at radius 1 is 1.52 bits per heavy atom. The molecule has 0 bridgehead atoms. The highest BCUT2D eigenvalue weighted by atomic mass is 19.1. The highest BCUT2D eigenvalue weighted by Gasteiger charge is 2.33. The molecule has 2 atom stereocenters. The zero-order valence-corrected chi connectivity index (χ0v) is 12.4. The van der Waals surface area contributed by atoms with Crippen molar-refractivity contribution in [2.24, 2.45) is 5.92 Å². The van der Waals surface area contributed by atoms with Gasteiger partial charge in [-0.15, -0.1) is 0 Å². The molecule has 0 aromatic heterocycles. The van der Waals surface area contributed by atoms with E-state index in [0.29, 0.717) is 19.0 Å². The van der Waals surface area contributed by atoms with Crippen molar-refractivity contribution in [3.8, 4) is 0 Å². The first-order chi connectivity index (χ1) is 10.1. The molecule has 1 aromatic carbocycles. The summed E-state index contributed by atoms with van der Waals surface area (Å²) in [6.07, 6.45) is 2.43. The molecular weight excluding hydrogens is 271 g/mol. The van der Waals surface area contributed by atoms with E-state index in [0.717, 1.165) is 24.8 Å².